The molecule has 0 saturated heterocycles. The number of fused-ring (bicyclic) bond motifs is 2. The predicted molar refractivity (Wildman–Crippen MR) is 138 cm³/mol. The van der Waals surface area contributed by atoms with E-state index >= 15 is 0 Å². The molecule has 1 aliphatic rings. The summed E-state index contributed by atoms with van der Waals surface area (Å²) in [6.07, 6.45) is 0.852. The van der Waals surface area contributed by atoms with Gasteiger partial charge in [0, 0.05) is 23.5 Å². The van der Waals surface area contributed by atoms with Crippen molar-refractivity contribution < 1.29 is 9.59 Å². The molecular formula is C29H28N2O2S. The number of aryl methyl sites for hydroxylation is 1. The van der Waals surface area contributed by atoms with Crippen LogP contribution in [-0.4, -0.2) is 41.2 Å². The maximum absolute atomic E-state index is 13.7. The highest BCUT2D eigenvalue weighted by atomic mass is 32.1. The molecular weight excluding hydrogens is 440 g/mol. The largest absolute Gasteiger partial charge is 0.330 e. The van der Waals surface area contributed by atoms with Gasteiger partial charge in [0.2, 0.25) is 5.91 Å². The van der Waals surface area contributed by atoms with Gasteiger partial charge in [-0.15, -0.1) is 11.3 Å². The zero-order valence-electron chi connectivity index (χ0n) is 19.5. The average molecular weight is 469 g/mol. The SMILES string of the molecule is CCN(CC(=O)N1CCc2sccc2C1c1ccccc1C)C(=O)c1cccc2ccccc12. The first-order chi connectivity index (χ1) is 16.6. The van der Waals surface area contributed by atoms with Crippen LogP contribution in [0.2, 0.25) is 0 Å². The summed E-state index contributed by atoms with van der Waals surface area (Å²) in [6.45, 7) is 5.23. The second kappa shape index (κ2) is 9.43. The molecule has 172 valence electrons. The topological polar surface area (TPSA) is 40.6 Å². The van der Waals surface area contributed by atoms with Crippen molar-refractivity contribution in [3.8, 4) is 0 Å². The van der Waals surface area contributed by atoms with Crippen molar-refractivity contribution in [3.05, 3.63) is 105 Å². The first-order valence-electron chi connectivity index (χ1n) is 11.8. The van der Waals surface area contributed by atoms with E-state index in [0.29, 0.717) is 18.7 Å². The molecule has 2 heterocycles. The Morgan fingerprint density at radius 3 is 2.56 bits per heavy atom. The second-order valence-corrected chi connectivity index (χ2v) is 9.74. The van der Waals surface area contributed by atoms with Gasteiger partial charge in [-0.25, -0.2) is 0 Å². The first kappa shape index (κ1) is 22.4. The first-order valence-corrected chi connectivity index (χ1v) is 12.6. The van der Waals surface area contributed by atoms with Crippen LogP contribution in [0.4, 0.5) is 0 Å². The van der Waals surface area contributed by atoms with Gasteiger partial charge in [0.15, 0.2) is 0 Å². The average Bonchev–Trinajstić information content (AvgIpc) is 3.35. The van der Waals surface area contributed by atoms with Crippen LogP contribution in [0.25, 0.3) is 10.8 Å². The van der Waals surface area contributed by atoms with Crippen LogP contribution in [0.1, 0.15) is 44.9 Å². The summed E-state index contributed by atoms with van der Waals surface area (Å²) in [5, 5.41) is 4.06. The highest BCUT2D eigenvalue weighted by molar-refractivity contribution is 7.10. The summed E-state index contributed by atoms with van der Waals surface area (Å²) in [6, 6.07) is 24.0. The molecule has 1 unspecified atom stereocenters. The molecule has 4 nitrogen and oxygen atoms in total. The Kier molecular flexibility index (Phi) is 6.20. The lowest BCUT2D eigenvalue weighted by Crippen LogP contribution is -2.46. The molecule has 0 bridgehead atoms. The number of benzene rings is 3. The van der Waals surface area contributed by atoms with Crippen LogP contribution in [0.5, 0.6) is 0 Å². The van der Waals surface area contributed by atoms with Crippen LogP contribution in [-0.2, 0) is 11.2 Å². The van der Waals surface area contributed by atoms with Crippen molar-refractivity contribution in [1.82, 2.24) is 9.80 Å². The Bertz CT molecular complexity index is 1350. The molecule has 3 aromatic carbocycles. The number of hydrogen-bond acceptors (Lipinski definition) is 3. The van der Waals surface area contributed by atoms with Crippen molar-refractivity contribution in [1.29, 1.82) is 0 Å². The normalized spacial score (nSPS) is 15.2. The van der Waals surface area contributed by atoms with Crippen LogP contribution >= 0.6 is 11.3 Å². The van der Waals surface area contributed by atoms with Crippen LogP contribution < -0.4 is 0 Å². The summed E-state index contributed by atoms with van der Waals surface area (Å²) in [4.78, 5) is 32.2. The van der Waals surface area contributed by atoms with Gasteiger partial charge in [0.05, 0.1) is 6.04 Å². The summed E-state index contributed by atoms with van der Waals surface area (Å²) >= 11 is 1.76. The van der Waals surface area contributed by atoms with Crippen molar-refractivity contribution in [2.75, 3.05) is 19.6 Å². The maximum atomic E-state index is 13.7. The lowest BCUT2D eigenvalue weighted by molar-refractivity contribution is -0.134. The van der Waals surface area contributed by atoms with Gasteiger partial charge in [-0.1, -0.05) is 60.7 Å². The molecule has 1 aliphatic heterocycles. The molecule has 34 heavy (non-hydrogen) atoms. The molecule has 0 fully saturated rings. The monoisotopic (exact) mass is 468 g/mol. The van der Waals surface area contributed by atoms with Gasteiger partial charge in [-0.3, -0.25) is 9.59 Å². The molecule has 0 aliphatic carbocycles. The Labute approximate surface area is 204 Å². The van der Waals surface area contributed by atoms with Crippen LogP contribution in [0.3, 0.4) is 0 Å². The van der Waals surface area contributed by atoms with E-state index in [9.17, 15) is 9.59 Å². The minimum atomic E-state index is -0.116. The number of carbonyl (C=O) groups excluding carboxylic acids is 2. The minimum Gasteiger partial charge on any atom is -0.330 e. The smallest absolute Gasteiger partial charge is 0.254 e. The molecule has 0 N–H and O–H groups in total. The van der Waals surface area contributed by atoms with Gasteiger partial charge < -0.3 is 9.80 Å². The van der Waals surface area contributed by atoms with Gasteiger partial charge in [-0.05, 0) is 65.2 Å². The molecule has 4 aromatic rings. The molecule has 0 radical (unpaired) electrons. The van der Waals surface area contributed by atoms with Gasteiger partial charge in [-0.2, -0.15) is 0 Å². The van der Waals surface area contributed by atoms with Crippen LogP contribution in [0.15, 0.2) is 78.2 Å². The zero-order valence-corrected chi connectivity index (χ0v) is 20.3. The third kappa shape index (κ3) is 4.01. The Morgan fingerprint density at radius 2 is 1.74 bits per heavy atom. The van der Waals surface area contributed by atoms with E-state index < -0.39 is 0 Å². The molecule has 5 rings (SSSR count). The van der Waals surface area contributed by atoms with Crippen molar-refractivity contribution in [2.45, 2.75) is 26.3 Å². The number of likely N-dealkylation sites (N-methyl/N-ethyl adjacent to an activating group) is 1. The molecule has 5 heteroatoms. The summed E-state index contributed by atoms with van der Waals surface area (Å²) in [5.74, 6) is -0.117. The number of hydrogen-bond donors (Lipinski definition) is 0. The van der Waals surface area contributed by atoms with E-state index in [-0.39, 0.29) is 24.4 Å². The number of nitrogens with zero attached hydrogens (tertiary/aromatic N) is 2. The Balaban J connectivity index is 1.45. The predicted octanol–water partition coefficient (Wildman–Crippen LogP) is 5.85. The fourth-order valence-electron chi connectivity index (χ4n) is 4.98. The third-order valence-electron chi connectivity index (χ3n) is 6.78. The van der Waals surface area contributed by atoms with Crippen LogP contribution in [0, 0.1) is 6.92 Å². The van der Waals surface area contributed by atoms with E-state index in [0.717, 1.165) is 22.8 Å². The standard InChI is InChI=1S/C29H28N2O2S/c1-3-30(29(33)24-14-8-11-21-10-5-7-13-23(21)24)19-27(32)31-17-15-26-25(16-18-34-26)28(31)22-12-6-4-9-20(22)2/h4-14,16,18,28H,3,15,17,19H2,1-2H3. The van der Waals surface area contributed by atoms with Gasteiger partial charge >= 0.3 is 0 Å². The van der Waals surface area contributed by atoms with Gasteiger partial charge in [0.25, 0.3) is 5.91 Å². The van der Waals surface area contributed by atoms with E-state index in [1.165, 1.54) is 16.0 Å². The maximum Gasteiger partial charge on any atom is 0.254 e. The lowest BCUT2D eigenvalue weighted by atomic mass is 9.90. The number of amides is 2. The molecule has 0 spiro atoms. The molecule has 2 amide bonds. The van der Waals surface area contributed by atoms with E-state index in [4.69, 9.17) is 0 Å². The van der Waals surface area contributed by atoms with Crippen molar-refractivity contribution >= 4 is 33.9 Å². The number of carbonyl (C=O) groups is 2. The molecule has 1 atom stereocenters. The third-order valence-corrected chi connectivity index (χ3v) is 7.78. The highest BCUT2D eigenvalue weighted by Gasteiger charge is 2.34. The van der Waals surface area contributed by atoms with Crippen molar-refractivity contribution in [3.63, 3.8) is 0 Å². The Hall–Kier alpha value is -3.44. The summed E-state index contributed by atoms with van der Waals surface area (Å²) in [7, 11) is 0. The summed E-state index contributed by atoms with van der Waals surface area (Å²) < 4.78 is 0. The zero-order chi connectivity index (χ0) is 23.7. The van der Waals surface area contributed by atoms with E-state index in [1.54, 1.807) is 16.2 Å². The highest BCUT2D eigenvalue weighted by Crippen LogP contribution is 2.39. The second-order valence-electron chi connectivity index (χ2n) is 8.74. The number of rotatable bonds is 5. The number of thiophene rings is 1. The fraction of sp³-hybridized carbons (Fsp3) is 0.241. The molecule has 0 saturated carbocycles. The minimum absolute atomic E-state index is 0.0134. The lowest BCUT2D eigenvalue weighted by Gasteiger charge is -2.38. The Morgan fingerprint density at radius 1 is 0.971 bits per heavy atom. The quantitative estimate of drug-likeness (QED) is 0.369. The van der Waals surface area contributed by atoms with Gasteiger partial charge in [0.1, 0.15) is 6.54 Å². The molecule has 1 aromatic heterocycles. The summed E-state index contributed by atoms with van der Waals surface area (Å²) in [5.41, 5.74) is 4.17. The fourth-order valence-corrected chi connectivity index (χ4v) is 5.88. The van der Waals surface area contributed by atoms with E-state index in [1.807, 2.05) is 66.4 Å². The van der Waals surface area contributed by atoms with E-state index in [2.05, 4.69) is 30.5 Å². The van der Waals surface area contributed by atoms with Crippen molar-refractivity contribution in [2.24, 2.45) is 0 Å².